The van der Waals surface area contributed by atoms with E-state index >= 15 is 0 Å². The van der Waals surface area contributed by atoms with Crippen molar-refractivity contribution in [2.75, 3.05) is 45.9 Å². The topological polar surface area (TPSA) is 48.9 Å². The molecule has 0 aromatic rings. The van der Waals surface area contributed by atoms with E-state index in [1.165, 1.54) is 45.3 Å². The highest BCUT2D eigenvalue weighted by Crippen LogP contribution is 2.26. The van der Waals surface area contributed by atoms with Gasteiger partial charge in [-0.1, -0.05) is 20.3 Å². The van der Waals surface area contributed by atoms with Crippen molar-refractivity contribution in [1.29, 1.82) is 0 Å². The fourth-order valence-corrected chi connectivity index (χ4v) is 3.01. The second-order valence-electron chi connectivity index (χ2n) is 7.11. The summed E-state index contributed by atoms with van der Waals surface area (Å²) >= 11 is 0. The number of ether oxygens (including phenoxy) is 1. The van der Waals surface area contributed by atoms with Crippen molar-refractivity contribution in [2.24, 2.45) is 10.4 Å². The van der Waals surface area contributed by atoms with E-state index in [0.717, 1.165) is 32.3 Å². The van der Waals surface area contributed by atoms with Gasteiger partial charge in [0.2, 0.25) is 0 Å². The van der Waals surface area contributed by atoms with Gasteiger partial charge in [0, 0.05) is 31.1 Å². The van der Waals surface area contributed by atoms with Gasteiger partial charge in [-0.25, -0.2) is 0 Å². The number of nitrogens with zero attached hydrogens (tertiary/aromatic N) is 2. The molecule has 0 spiro atoms. The number of unbranched alkanes of at least 4 members (excludes halogenated alkanes) is 1. The van der Waals surface area contributed by atoms with Gasteiger partial charge in [0.15, 0.2) is 5.96 Å². The fourth-order valence-electron chi connectivity index (χ4n) is 3.01. The smallest absolute Gasteiger partial charge is 0.191 e. The second-order valence-corrected chi connectivity index (χ2v) is 7.11. The van der Waals surface area contributed by atoms with E-state index in [-0.39, 0.29) is 5.41 Å². The molecule has 2 aliphatic rings. The molecule has 0 aromatic heterocycles. The van der Waals surface area contributed by atoms with Gasteiger partial charge in [-0.3, -0.25) is 4.99 Å². The molecule has 0 atom stereocenters. The molecule has 128 valence electrons. The molecule has 0 amide bonds. The normalized spacial score (nSPS) is 23.1. The van der Waals surface area contributed by atoms with Crippen LogP contribution in [-0.2, 0) is 4.74 Å². The quantitative estimate of drug-likeness (QED) is 0.556. The summed E-state index contributed by atoms with van der Waals surface area (Å²) in [5.41, 5.74) is 0.242. The van der Waals surface area contributed by atoms with E-state index in [9.17, 15) is 0 Å². The molecule has 5 nitrogen and oxygen atoms in total. The second kappa shape index (κ2) is 8.73. The number of nitrogens with one attached hydrogen (secondary N) is 2. The molecule has 0 aromatic carbocycles. The maximum atomic E-state index is 5.31. The van der Waals surface area contributed by atoms with Crippen molar-refractivity contribution in [2.45, 2.75) is 52.5 Å². The van der Waals surface area contributed by atoms with Crippen LogP contribution in [0.3, 0.4) is 0 Å². The summed E-state index contributed by atoms with van der Waals surface area (Å²) in [6.07, 6.45) is 5.05. The van der Waals surface area contributed by atoms with Crippen LogP contribution in [0.1, 0.15) is 46.5 Å². The Labute approximate surface area is 135 Å². The molecule has 0 aliphatic carbocycles. The van der Waals surface area contributed by atoms with E-state index in [2.05, 4.69) is 36.3 Å². The van der Waals surface area contributed by atoms with Gasteiger partial charge < -0.3 is 20.3 Å². The Balaban J connectivity index is 1.75. The van der Waals surface area contributed by atoms with Crippen LogP contribution in [0.25, 0.3) is 0 Å². The largest absolute Gasteiger partial charge is 0.380 e. The molecule has 2 N–H and O–H groups in total. The van der Waals surface area contributed by atoms with E-state index < -0.39 is 0 Å². The molecule has 0 radical (unpaired) electrons. The van der Waals surface area contributed by atoms with Crippen LogP contribution in [0.4, 0.5) is 0 Å². The lowest BCUT2D eigenvalue weighted by molar-refractivity contribution is -0.0945. The van der Waals surface area contributed by atoms with Gasteiger partial charge >= 0.3 is 0 Å². The summed E-state index contributed by atoms with van der Waals surface area (Å²) in [6, 6.07) is 0.557. The average molecular weight is 310 g/mol. The monoisotopic (exact) mass is 310 g/mol. The van der Waals surface area contributed by atoms with Gasteiger partial charge in [-0.2, -0.15) is 0 Å². The van der Waals surface area contributed by atoms with Gasteiger partial charge in [0.1, 0.15) is 0 Å². The average Bonchev–Trinajstić information content (AvgIpc) is 2.50. The van der Waals surface area contributed by atoms with E-state index in [1.807, 2.05) is 0 Å². The standard InChI is InChI=1S/C17H34N4O/c1-4-6-9-21-10-7-15(8-11-21)20-16(18-5-2)19-12-17(3)13-22-14-17/h15H,4-14H2,1-3H3,(H2,18,19,20). The van der Waals surface area contributed by atoms with E-state index in [0.29, 0.717) is 6.04 Å². The maximum absolute atomic E-state index is 5.31. The summed E-state index contributed by atoms with van der Waals surface area (Å²) in [4.78, 5) is 7.37. The summed E-state index contributed by atoms with van der Waals surface area (Å²) in [6.45, 7) is 13.8. The molecule has 0 unspecified atom stereocenters. The zero-order chi connectivity index (χ0) is 15.8. The number of piperidine rings is 1. The third-order valence-corrected chi connectivity index (χ3v) is 4.62. The number of likely N-dealkylation sites (tertiary alicyclic amines) is 1. The first kappa shape index (κ1) is 17.5. The maximum Gasteiger partial charge on any atom is 0.191 e. The number of rotatable bonds is 7. The Morgan fingerprint density at radius 2 is 2.00 bits per heavy atom. The predicted molar refractivity (Wildman–Crippen MR) is 92.4 cm³/mol. The van der Waals surface area contributed by atoms with E-state index in [1.54, 1.807) is 0 Å². The number of aliphatic imine (C=N–C) groups is 1. The van der Waals surface area contributed by atoms with Gasteiger partial charge in [0.05, 0.1) is 19.8 Å². The molecule has 2 fully saturated rings. The van der Waals surface area contributed by atoms with Crippen LogP contribution in [0, 0.1) is 5.41 Å². The van der Waals surface area contributed by atoms with Gasteiger partial charge in [-0.05, 0) is 32.7 Å². The molecule has 22 heavy (non-hydrogen) atoms. The van der Waals surface area contributed by atoms with Crippen molar-refractivity contribution in [3.8, 4) is 0 Å². The Morgan fingerprint density at radius 1 is 1.27 bits per heavy atom. The minimum absolute atomic E-state index is 0.242. The number of hydrogen-bond donors (Lipinski definition) is 2. The third-order valence-electron chi connectivity index (χ3n) is 4.62. The highest BCUT2D eigenvalue weighted by Gasteiger charge is 2.33. The lowest BCUT2D eigenvalue weighted by Crippen LogP contribution is -2.49. The molecular formula is C17H34N4O. The first-order chi connectivity index (χ1) is 10.6. The van der Waals surface area contributed by atoms with Crippen molar-refractivity contribution in [1.82, 2.24) is 15.5 Å². The van der Waals surface area contributed by atoms with Gasteiger partial charge in [-0.15, -0.1) is 0 Å². The van der Waals surface area contributed by atoms with Crippen LogP contribution in [0.2, 0.25) is 0 Å². The molecule has 2 heterocycles. The van der Waals surface area contributed by atoms with Crippen LogP contribution >= 0.6 is 0 Å². The summed E-state index contributed by atoms with van der Waals surface area (Å²) in [5.74, 6) is 0.975. The lowest BCUT2D eigenvalue weighted by Gasteiger charge is -2.37. The molecule has 2 aliphatic heterocycles. The molecule has 0 bridgehead atoms. The fraction of sp³-hybridized carbons (Fsp3) is 0.941. The van der Waals surface area contributed by atoms with Crippen molar-refractivity contribution in [3.63, 3.8) is 0 Å². The summed E-state index contributed by atoms with van der Waals surface area (Å²) < 4.78 is 5.31. The van der Waals surface area contributed by atoms with E-state index in [4.69, 9.17) is 9.73 Å². The van der Waals surface area contributed by atoms with Crippen LogP contribution in [0.15, 0.2) is 4.99 Å². The lowest BCUT2D eigenvalue weighted by atomic mass is 9.89. The minimum atomic E-state index is 0.242. The van der Waals surface area contributed by atoms with Crippen LogP contribution in [-0.4, -0.2) is 62.8 Å². The number of guanidine groups is 1. The first-order valence-electron chi connectivity index (χ1n) is 9.00. The molecule has 0 saturated carbocycles. The van der Waals surface area contributed by atoms with Crippen molar-refractivity contribution in [3.05, 3.63) is 0 Å². The summed E-state index contributed by atoms with van der Waals surface area (Å²) in [7, 11) is 0. The predicted octanol–water partition coefficient (Wildman–Crippen LogP) is 1.84. The Morgan fingerprint density at radius 3 is 2.55 bits per heavy atom. The highest BCUT2D eigenvalue weighted by atomic mass is 16.5. The Kier molecular flexibility index (Phi) is 6.96. The zero-order valence-electron chi connectivity index (χ0n) is 14.7. The minimum Gasteiger partial charge on any atom is -0.380 e. The van der Waals surface area contributed by atoms with Crippen molar-refractivity contribution >= 4 is 5.96 Å². The Hall–Kier alpha value is -0.810. The molecule has 2 rings (SSSR count). The Bertz CT molecular complexity index is 347. The van der Waals surface area contributed by atoms with Crippen LogP contribution in [0.5, 0.6) is 0 Å². The SMILES string of the molecule is CCCCN1CCC(NC(=NCC2(C)COC2)NCC)CC1. The third kappa shape index (κ3) is 5.43. The first-order valence-corrected chi connectivity index (χ1v) is 9.00. The van der Waals surface area contributed by atoms with Crippen molar-refractivity contribution < 1.29 is 4.74 Å². The molecular weight excluding hydrogens is 276 g/mol. The van der Waals surface area contributed by atoms with Crippen LogP contribution < -0.4 is 10.6 Å². The van der Waals surface area contributed by atoms with Gasteiger partial charge in [0.25, 0.3) is 0 Å². The molecule has 5 heteroatoms. The summed E-state index contributed by atoms with van der Waals surface area (Å²) in [5, 5.41) is 7.01. The molecule has 2 saturated heterocycles. The number of hydrogen-bond acceptors (Lipinski definition) is 3. The zero-order valence-corrected chi connectivity index (χ0v) is 14.7. The highest BCUT2D eigenvalue weighted by molar-refractivity contribution is 5.80.